The van der Waals surface area contributed by atoms with Crippen molar-refractivity contribution in [2.75, 3.05) is 30.6 Å². The Kier molecular flexibility index (Phi) is 5.38. The first-order valence-electron chi connectivity index (χ1n) is 6.44. The standard InChI is InChI=1S/C16H19BrN2S/c1-19(2)16-9-6-13(17)10-15(16)18-11-12-4-7-14(20-3)8-5-12/h4-10,18H,11H2,1-3H3. The summed E-state index contributed by atoms with van der Waals surface area (Å²) in [5.41, 5.74) is 3.61. The number of hydrogen-bond donors (Lipinski definition) is 1. The summed E-state index contributed by atoms with van der Waals surface area (Å²) in [5.74, 6) is 0. The zero-order valence-corrected chi connectivity index (χ0v) is 14.4. The molecule has 20 heavy (non-hydrogen) atoms. The molecule has 0 aliphatic heterocycles. The molecule has 2 nitrogen and oxygen atoms in total. The Bertz CT molecular complexity index is 567. The fourth-order valence-corrected chi connectivity index (χ4v) is 2.75. The van der Waals surface area contributed by atoms with Gasteiger partial charge in [0.1, 0.15) is 0 Å². The van der Waals surface area contributed by atoms with Gasteiger partial charge in [-0.1, -0.05) is 28.1 Å². The van der Waals surface area contributed by atoms with E-state index in [0.717, 1.165) is 16.7 Å². The van der Waals surface area contributed by atoms with Crippen molar-refractivity contribution in [1.29, 1.82) is 0 Å². The highest BCUT2D eigenvalue weighted by atomic mass is 79.9. The van der Waals surface area contributed by atoms with E-state index >= 15 is 0 Å². The molecule has 4 heteroatoms. The second kappa shape index (κ2) is 7.04. The largest absolute Gasteiger partial charge is 0.379 e. The third-order valence-corrected chi connectivity index (χ3v) is 4.32. The molecule has 0 heterocycles. The summed E-state index contributed by atoms with van der Waals surface area (Å²) in [5, 5.41) is 3.51. The summed E-state index contributed by atoms with van der Waals surface area (Å²) in [6, 6.07) is 15.0. The maximum absolute atomic E-state index is 3.53. The van der Waals surface area contributed by atoms with E-state index < -0.39 is 0 Å². The van der Waals surface area contributed by atoms with Crippen molar-refractivity contribution in [2.45, 2.75) is 11.4 Å². The maximum Gasteiger partial charge on any atom is 0.0597 e. The molecule has 0 radical (unpaired) electrons. The maximum atomic E-state index is 3.53. The summed E-state index contributed by atoms with van der Waals surface area (Å²) in [6.07, 6.45) is 2.10. The zero-order valence-electron chi connectivity index (χ0n) is 12.0. The first kappa shape index (κ1) is 15.3. The van der Waals surface area contributed by atoms with Gasteiger partial charge in [0.2, 0.25) is 0 Å². The van der Waals surface area contributed by atoms with Gasteiger partial charge in [0.15, 0.2) is 0 Å². The van der Waals surface area contributed by atoms with Gasteiger partial charge in [-0.05, 0) is 42.2 Å². The van der Waals surface area contributed by atoms with Gasteiger partial charge in [-0.3, -0.25) is 0 Å². The molecular formula is C16H19BrN2S. The molecule has 2 aromatic carbocycles. The first-order valence-corrected chi connectivity index (χ1v) is 8.45. The molecule has 0 bridgehead atoms. The van der Waals surface area contributed by atoms with Gasteiger partial charge in [0.05, 0.1) is 11.4 Å². The Balaban J connectivity index is 2.11. The number of hydrogen-bond acceptors (Lipinski definition) is 3. The van der Waals surface area contributed by atoms with Gasteiger partial charge in [0, 0.05) is 30.0 Å². The number of benzene rings is 2. The summed E-state index contributed by atoms with van der Waals surface area (Å²) in [7, 11) is 4.11. The van der Waals surface area contributed by atoms with Crippen molar-refractivity contribution in [3.8, 4) is 0 Å². The fourth-order valence-electron chi connectivity index (χ4n) is 1.98. The van der Waals surface area contributed by atoms with Crippen molar-refractivity contribution in [3.05, 3.63) is 52.5 Å². The minimum atomic E-state index is 0.825. The number of halogens is 1. The molecule has 0 aliphatic carbocycles. The molecule has 0 aliphatic rings. The molecular weight excluding hydrogens is 332 g/mol. The van der Waals surface area contributed by atoms with E-state index in [1.807, 2.05) is 0 Å². The average molecular weight is 351 g/mol. The summed E-state index contributed by atoms with van der Waals surface area (Å²) < 4.78 is 1.09. The van der Waals surface area contributed by atoms with Crippen LogP contribution in [0.1, 0.15) is 5.56 Å². The molecule has 0 fully saturated rings. The van der Waals surface area contributed by atoms with E-state index in [4.69, 9.17) is 0 Å². The molecule has 106 valence electrons. The van der Waals surface area contributed by atoms with E-state index in [9.17, 15) is 0 Å². The summed E-state index contributed by atoms with van der Waals surface area (Å²) >= 11 is 5.30. The number of anilines is 2. The van der Waals surface area contributed by atoms with Crippen LogP contribution >= 0.6 is 27.7 Å². The lowest BCUT2D eigenvalue weighted by atomic mass is 10.2. The Morgan fingerprint density at radius 2 is 1.80 bits per heavy atom. The van der Waals surface area contributed by atoms with Crippen LogP contribution in [0.3, 0.4) is 0 Å². The molecule has 0 spiro atoms. The fraction of sp³-hybridized carbons (Fsp3) is 0.250. The highest BCUT2D eigenvalue weighted by Gasteiger charge is 2.05. The lowest BCUT2D eigenvalue weighted by molar-refractivity contribution is 1.10. The van der Waals surface area contributed by atoms with Gasteiger partial charge in [-0.15, -0.1) is 11.8 Å². The second-order valence-electron chi connectivity index (χ2n) is 4.76. The highest BCUT2D eigenvalue weighted by Crippen LogP contribution is 2.28. The molecule has 0 saturated carbocycles. The van der Waals surface area contributed by atoms with Gasteiger partial charge in [-0.25, -0.2) is 0 Å². The predicted octanol–water partition coefficient (Wildman–Crippen LogP) is 4.85. The van der Waals surface area contributed by atoms with Crippen LogP contribution in [-0.2, 0) is 6.54 Å². The van der Waals surface area contributed by atoms with Gasteiger partial charge in [-0.2, -0.15) is 0 Å². The van der Waals surface area contributed by atoms with E-state index in [2.05, 4.69) is 89.0 Å². The molecule has 2 aromatic rings. The van der Waals surface area contributed by atoms with Crippen LogP contribution in [0.15, 0.2) is 51.8 Å². The van der Waals surface area contributed by atoms with Crippen molar-refractivity contribution >= 4 is 39.1 Å². The lowest BCUT2D eigenvalue weighted by Gasteiger charge is -2.19. The molecule has 2 rings (SSSR count). The third-order valence-electron chi connectivity index (χ3n) is 3.08. The number of rotatable bonds is 5. The first-order chi connectivity index (χ1) is 9.60. The van der Waals surface area contributed by atoms with E-state index in [1.54, 1.807) is 11.8 Å². The van der Waals surface area contributed by atoms with E-state index in [0.29, 0.717) is 0 Å². The van der Waals surface area contributed by atoms with Crippen molar-refractivity contribution in [3.63, 3.8) is 0 Å². The molecule has 0 saturated heterocycles. The van der Waals surface area contributed by atoms with Gasteiger partial charge in [0.25, 0.3) is 0 Å². The van der Waals surface area contributed by atoms with E-state index in [-0.39, 0.29) is 0 Å². The Hall–Kier alpha value is -1.13. The number of nitrogens with one attached hydrogen (secondary N) is 1. The van der Waals surface area contributed by atoms with Crippen LogP contribution in [-0.4, -0.2) is 20.4 Å². The molecule has 0 atom stereocenters. The third kappa shape index (κ3) is 3.93. The van der Waals surface area contributed by atoms with Gasteiger partial charge < -0.3 is 10.2 Å². The minimum Gasteiger partial charge on any atom is -0.379 e. The topological polar surface area (TPSA) is 15.3 Å². The van der Waals surface area contributed by atoms with Gasteiger partial charge >= 0.3 is 0 Å². The van der Waals surface area contributed by atoms with Crippen LogP contribution in [0, 0.1) is 0 Å². The van der Waals surface area contributed by atoms with Crippen molar-refractivity contribution in [2.24, 2.45) is 0 Å². The Morgan fingerprint density at radius 1 is 1.10 bits per heavy atom. The second-order valence-corrected chi connectivity index (χ2v) is 6.55. The monoisotopic (exact) mass is 350 g/mol. The highest BCUT2D eigenvalue weighted by molar-refractivity contribution is 9.10. The smallest absolute Gasteiger partial charge is 0.0597 e. The molecule has 0 aromatic heterocycles. The Labute approximate surface area is 133 Å². The predicted molar refractivity (Wildman–Crippen MR) is 94.0 cm³/mol. The zero-order chi connectivity index (χ0) is 14.5. The average Bonchev–Trinajstić information content (AvgIpc) is 2.45. The SMILES string of the molecule is CSc1ccc(CNc2cc(Br)ccc2N(C)C)cc1. The minimum absolute atomic E-state index is 0.825. The number of nitrogens with zero attached hydrogens (tertiary/aromatic N) is 1. The van der Waals surface area contributed by atoms with Crippen molar-refractivity contribution in [1.82, 2.24) is 0 Å². The molecule has 0 amide bonds. The summed E-state index contributed by atoms with van der Waals surface area (Å²) in [4.78, 5) is 3.41. The number of thioether (sulfide) groups is 1. The quantitative estimate of drug-likeness (QED) is 0.776. The molecule has 0 unspecified atom stereocenters. The Morgan fingerprint density at radius 3 is 2.40 bits per heavy atom. The van der Waals surface area contributed by atoms with Crippen LogP contribution in [0.25, 0.3) is 0 Å². The van der Waals surface area contributed by atoms with E-state index in [1.165, 1.54) is 16.1 Å². The van der Waals surface area contributed by atoms with Crippen LogP contribution in [0.2, 0.25) is 0 Å². The lowest BCUT2D eigenvalue weighted by Crippen LogP contribution is -2.12. The van der Waals surface area contributed by atoms with Crippen LogP contribution in [0.5, 0.6) is 0 Å². The van der Waals surface area contributed by atoms with Crippen LogP contribution in [0.4, 0.5) is 11.4 Å². The van der Waals surface area contributed by atoms with Crippen LogP contribution < -0.4 is 10.2 Å². The molecule has 1 N–H and O–H groups in total. The summed E-state index contributed by atoms with van der Waals surface area (Å²) in [6.45, 7) is 0.825. The van der Waals surface area contributed by atoms with Crippen molar-refractivity contribution < 1.29 is 0 Å². The normalized spacial score (nSPS) is 10.4.